The molecule has 0 aliphatic carbocycles. The molecule has 0 heterocycles. The lowest BCUT2D eigenvalue weighted by Gasteiger charge is -2.15. The summed E-state index contributed by atoms with van der Waals surface area (Å²) >= 11 is 0. The quantitative estimate of drug-likeness (QED) is 0.856. The molecule has 0 spiro atoms. The van der Waals surface area contributed by atoms with Crippen molar-refractivity contribution in [1.29, 1.82) is 0 Å². The van der Waals surface area contributed by atoms with Gasteiger partial charge in [0.2, 0.25) is 10.0 Å². The van der Waals surface area contributed by atoms with Gasteiger partial charge in [-0.25, -0.2) is 13.1 Å². The number of benzene rings is 2. The predicted octanol–water partition coefficient (Wildman–Crippen LogP) is 2.35. The van der Waals surface area contributed by atoms with Crippen molar-refractivity contribution in [2.24, 2.45) is 0 Å². The topological polar surface area (TPSA) is 83.5 Å². The number of aliphatic carboxylic acids is 1. The van der Waals surface area contributed by atoms with Crippen LogP contribution in [0.15, 0.2) is 59.5 Å². The van der Waals surface area contributed by atoms with Gasteiger partial charge in [0.1, 0.15) is 0 Å². The highest BCUT2D eigenvalue weighted by Crippen LogP contribution is 2.17. The van der Waals surface area contributed by atoms with Crippen LogP contribution in [0.2, 0.25) is 0 Å². The minimum atomic E-state index is -3.58. The molecule has 0 aliphatic heterocycles. The highest BCUT2D eigenvalue weighted by Gasteiger charge is 2.17. The number of carboxylic acids is 1. The molecule has 0 bridgehead atoms. The van der Waals surface area contributed by atoms with Crippen molar-refractivity contribution >= 4 is 16.0 Å². The molecular formula is C16H17NO4S. The molecule has 2 rings (SSSR count). The number of carbonyl (C=O) groups is 1. The monoisotopic (exact) mass is 319 g/mol. The summed E-state index contributed by atoms with van der Waals surface area (Å²) in [5.41, 5.74) is 1.45. The number of carboxylic acid groups (broad SMARTS) is 1. The van der Waals surface area contributed by atoms with Gasteiger partial charge in [0, 0.05) is 6.04 Å². The van der Waals surface area contributed by atoms with Gasteiger partial charge in [0.25, 0.3) is 0 Å². The highest BCUT2D eigenvalue weighted by atomic mass is 32.2. The van der Waals surface area contributed by atoms with E-state index in [1.165, 1.54) is 12.1 Å². The predicted molar refractivity (Wildman–Crippen MR) is 83.0 cm³/mol. The van der Waals surface area contributed by atoms with Crippen LogP contribution in [0.1, 0.15) is 24.1 Å². The van der Waals surface area contributed by atoms with Gasteiger partial charge in [-0.05, 0) is 30.2 Å². The summed E-state index contributed by atoms with van der Waals surface area (Å²) in [6.07, 6.45) is -0.0512. The Morgan fingerprint density at radius 3 is 2.23 bits per heavy atom. The molecule has 1 unspecified atom stereocenters. The van der Waals surface area contributed by atoms with Crippen LogP contribution < -0.4 is 4.72 Å². The van der Waals surface area contributed by atoms with Crippen LogP contribution in [0, 0.1) is 0 Å². The summed E-state index contributed by atoms with van der Waals surface area (Å²) in [5.74, 6) is -0.898. The molecule has 5 nitrogen and oxygen atoms in total. The average Bonchev–Trinajstić information content (AvgIpc) is 2.48. The number of hydrogen-bond donors (Lipinski definition) is 2. The molecule has 2 aromatic rings. The van der Waals surface area contributed by atoms with Crippen LogP contribution >= 0.6 is 0 Å². The third-order valence-corrected chi connectivity index (χ3v) is 4.78. The standard InChI is InChI=1S/C16H17NO4S/c1-12(14-9-7-13(8-10-14)11-16(18)19)17-22(20,21)15-5-3-2-4-6-15/h2-10,12,17H,11H2,1H3,(H,18,19). The molecule has 0 amide bonds. The number of nitrogens with one attached hydrogen (secondary N) is 1. The van der Waals surface area contributed by atoms with E-state index in [1.807, 2.05) is 0 Å². The maximum absolute atomic E-state index is 12.2. The van der Waals surface area contributed by atoms with Crippen LogP contribution in [0.3, 0.4) is 0 Å². The Morgan fingerprint density at radius 1 is 1.09 bits per heavy atom. The molecule has 1 atom stereocenters. The van der Waals surface area contributed by atoms with Gasteiger partial charge in [-0.15, -0.1) is 0 Å². The normalized spacial score (nSPS) is 12.8. The molecule has 6 heteroatoms. The molecule has 2 aromatic carbocycles. The molecule has 116 valence electrons. The Hall–Kier alpha value is -2.18. The van der Waals surface area contributed by atoms with Crippen molar-refractivity contribution in [3.63, 3.8) is 0 Å². The van der Waals surface area contributed by atoms with E-state index in [0.29, 0.717) is 5.56 Å². The third-order valence-electron chi connectivity index (χ3n) is 3.22. The van der Waals surface area contributed by atoms with Gasteiger partial charge in [-0.3, -0.25) is 4.79 Å². The van der Waals surface area contributed by atoms with Gasteiger partial charge in [0.15, 0.2) is 0 Å². The fourth-order valence-corrected chi connectivity index (χ4v) is 3.32. The Morgan fingerprint density at radius 2 is 1.68 bits per heavy atom. The molecule has 0 saturated carbocycles. The summed E-state index contributed by atoms with van der Waals surface area (Å²) in [6.45, 7) is 1.74. The maximum Gasteiger partial charge on any atom is 0.307 e. The molecule has 0 aromatic heterocycles. The van der Waals surface area contributed by atoms with Crippen molar-refractivity contribution in [2.75, 3.05) is 0 Å². The van der Waals surface area contributed by atoms with Crippen molar-refractivity contribution < 1.29 is 18.3 Å². The number of sulfonamides is 1. The molecule has 2 N–H and O–H groups in total. The lowest BCUT2D eigenvalue weighted by Crippen LogP contribution is -2.26. The summed E-state index contributed by atoms with van der Waals surface area (Å²) < 4.78 is 27.1. The fraction of sp³-hybridized carbons (Fsp3) is 0.188. The van der Waals surface area contributed by atoms with E-state index in [0.717, 1.165) is 5.56 Å². The van der Waals surface area contributed by atoms with Crippen LogP contribution in [-0.4, -0.2) is 19.5 Å². The van der Waals surface area contributed by atoms with Crippen LogP contribution in [-0.2, 0) is 21.2 Å². The van der Waals surface area contributed by atoms with Gasteiger partial charge < -0.3 is 5.11 Å². The minimum absolute atomic E-state index is 0.0512. The van der Waals surface area contributed by atoms with Gasteiger partial charge in [0.05, 0.1) is 11.3 Å². The lowest BCUT2D eigenvalue weighted by atomic mass is 10.1. The van der Waals surface area contributed by atoms with E-state index >= 15 is 0 Å². The fourth-order valence-electron chi connectivity index (χ4n) is 2.07. The largest absolute Gasteiger partial charge is 0.481 e. The molecular weight excluding hydrogens is 302 g/mol. The van der Waals surface area contributed by atoms with Gasteiger partial charge in [-0.2, -0.15) is 0 Å². The lowest BCUT2D eigenvalue weighted by molar-refractivity contribution is -0.136. The van der Waals surface area contributed by atoms with E-state index in [2.05, 4.69) is 4.72 Å². The second-order valence-corrected chi connectivity index (χ2v) is 6.68. The molecule has 22 heavy (non-hydrogen) atoms. The van der Waals surface area contributed by atoms with E-state index in [9.17, 15) is 13.2 Å². The van der Waals surface area contributed by atoms with Crippen LogP contribution in [0.5, 0.6) is 0 Å². The highest BCUT2D eigenvalue weighted by molar-refractivity contribution is 7.89. The van der Waals surface area contributed by atoms with Crippen LogP contribution in [0.25, 0.3) is 0 Å². The Labute approximate surface area is 129 Å². The smallest absolute Gasteiger partial charge is 0.307 e. The van der Waals surface area contributed by atoms with Crippen molar-refractivity contribution in [2.45, 2.75) is 24.3 Å². The SMILES string of the molecule is CC(NS(=O)(=O)c1ccccc1)c1ccc(CC(=O)O)cc1. The first-order valence-corrected chi connectivity index (χ1v) is 8.25. The first kappa shape index (κ1) is 16.2. The summed E-state index contributed by atoms with van der Waals surface area (Å²) in [4.78, 5) is 10.9. The molecule has 0 radical (unpaired) electrons. The van der Waals surface area contributed by atoms with E-state index in [-0.39, 0.29) is 11.3 Å². The van der Waals surface area contributed by atoms with Crippen molar-refractivity contribution in [3.8, 4) is 0 Å². The van der Waals surface area contributed by atoms with Gasteiger partial charge >= 0.3 is 5.97 Å². The number of hydrogen-bond acceptors (Lipinski definition) is 3. The number of rotatable bonds is 6. The zero-order chi connectivity index (χ0) is 16.2. The molecule has 0 fully saturated rings. The summed E-state index contributed by atoms with van der Waals surface area (Å²) in [7, 11) is -3.58. The summed E-state index contributed by atoms with van der Waals surface area (Å²) in [6, 6.07) is 14.6. The maximum atomic E-state index is 12.2. The second kappa shape index (κ2) is 6.72. The van der Waals surface area contributed by atoms with E-state index < -0.39 is 22.0 Å². The molecule has 0 saturated heterocycles. The Kier molecular flexibility index (Phi) is 4.95. The summed E-state index contributed by atoms with van der Waals surface area (Å²) in [5, 5.41) is 8.73. The minimum Gasteiger partial charge on any atom is -0.481 e. The van der Waals surface area contributed by atoms with Crippen molar-refractivity contribution in [1.82, 2.24) is 4.72 Å². The second-order valence-electron chi connectivity index (χ2n) is 4.97. The average molecular weight is 319 g/mol. The third kappa shape index (κ3) is 4.16. The zero-order valence-electron chi connectivity index (χ0n) is 12.1. The first-order chi connectivity index (χ1) is 10.4. The van der Waals surface area contributed by atoms with E-state index in [4.69, 9.17) is 5.11 Å². The van der Waals surface area contributed by atoms with E-state index in [1.54, 1.807) is 49.4 Å². The van der Waals surface area contributed by atoms with Gasteiger partial charge in [-0.1, -0.05) is 42.5 Å². The molecule has 0 aliphatic rings. The zero-order valence-corrected chi connectivity index (χ0v) is 12.9. The van der Waals surface area contributed by atoms with Crippen LogP contribution in [0.4, 0.5) is 0 Å². The first-order valence-electron chi connectivity index (χ1n) is 6.76. The van der Waals surface area contributed by atoms with Crippen molar-refractivity contribution in [3.05, 3.63) is 65.7 Å². The Bertz CT molecular complexity index is 739. The Balaban J connectivity index is 2.12.